The standard InChI is InChI=1S/C29H21F5O/c1-35-13-12-19-2-6-21(26(31)15-19)7-3-20-16-27(32)24(28(33)17-20)10-5-18-4-9-23-22(14-18)8-11-25(30)29(23)34/h2,4,6,8-9,11,14-17H,3,7,12-13H2,1H3. The Labute approximate surface area is 200 Å². The van der Waals surface area contributed by atoms with Crippen LogP contribution in [0, 0.1) is 40.9 Å². The maximum absolute atomic E-state index is 14.6. The van der Waals surface area contributed by atoms with Crippen LogP contribution in [0.2, 0.25) is 0 Å². The van der Waals surface area contributed by atoms with Crippen LogP contribution in [0.1, 0.15) is 27.8 Å². The first-order valence-corrected chi connectivity index (χ1v) is 11.0. The van der Waals surface area contributed by atoms with Crippen molar-refractivity contribution in [2.45, 2.75) is 19.3 Å². The van der Waals surface area contributed by atoms with E-state index in [9.17, 15) is 22.0 Å². The molecule has 35 heavy (non-hydrogen) atoms. The fourth-order valence-electron chi connectivity index (χ4n) is 3.82. The van der Waals surface area contributed by atoms with Crippen LogP contribution in [-0.2, 0) is 24.0 Å². The van der Waals surface area contributed by atoms with Crippen molar-refractivity contribution in [3.8, 4) is 11.8 Å². The van der Waals surface area contributed by atoms with Gasteiger partial charge in [0.25, 0.3) is 0 Å². The molecule has 1 nitrogen and oxygen atoms in total. The molecule has 4 aromatic rings. The van der Waals surface area contributed by atoms with E-state index < -0.39 is 28.8 Å². The molecule has 0 saturated heterocycles. The molecule has 0 fully saturated rings. The summed E-state index contributed by atoms with van der Waals surface area (Å²) in [5.41, 5.74) is 1.67. The van der Waals surface area contributed by atoms with Gasteiger partial charge in [0.05, 0.1) is 12.2 Å². The zero-order valence-electron chi connectivity index (χ0n) is 18.9. The summed E-state index contributed by atoms with van der Waals surface area (Å²) in [6, 6.07) is 14.1. The molecule has 0 unspecified atom stereocenters. The van der Waals surface area contributed by atoms with Crippen LogP contribution in [-0.4, -0.2) is 13.7 Å². The second-order valence-electron chi connectivity index (χ2n) is 8.15. The molecule has 0 aliphatic carbocycles. The zero-order valence-corrected chi connectivity index (χ0v) is 18.9. The number of rotatable bonds is 6. The summed E-state index contributed by atoms with van der Waals surface area (Å²) in [7, 11) is 1.58. The Morgan fingerprint density at radius 3 is 2.11 bits per heavy atom. The van der Waals surface area contributed by atoms with E-state index in [1.807, 2.05) is 6.07 Å². The molecule has 0 N–H and O–H groups in total. The quantitative estimate of drug-likeness (QED) is 0.215. The van der Waals surface area contributed by atoms with Gasteiger partial charge in [-0.05, 0) is 77.7 Å². The number of methoxy groups -OCH3 is 1. The van der Waals surface area contributed by atoms with Crippen LogP contribution in [0.15, 0.2) is 60.7 Å². The first kappa shape index (κ1) is 24.4. The number of aryl methyl sites for hydroxylation is 2. The fraction of sp³-hybridized carbons (Fsp3) is 0.172. The summed E-state index contributed by atoms with van der Waals surface area (Å²) in [4.78, 5) is 0. The number of hydrogen-bond donors (Lipinski definition) is 0. The minimum Gasteiger partial charge on any atom is -0.384 e. The first-order valence-electron chi connectivity index (χ1n) is 11.0. The molecular weight excluding hydrogens is 459 g/mol. The van der Waals surface area contributed by atoms with Crippen molar-refractivity contribution < 1.29 is 26.7 Å². The molecular formula is C29H21F5O. The summed E-state index contributed by atoms with van der Waals surface area (Å²) in [5.74, 6) is 1.23. The van der Waals surface area contributed by atoms with Gasteiger partial charge in [0.1, 0.15) is 17.5 Å². The zero-order chi connectivity index (χ0) is 24.9. The molecule has 0 heterocycles. The van der Waals surface area contributed by atoms with Gasteiger partial charge in [-0.3, -0.25) is 0 Å². The third kappa shape index (κ3) is 5.70. The van der Waals surface area contributed by atoms with Crippen LogP contribution in [0.25, 0.3) is 10.8 Å². The molecule has 4 aromatic carbocycles. The van der Waals surface area contributed by atoms with Gasteiger partial charge < -0.3 is 4.74 Å². The van der Waals surface area contributed by atoms with E-state index >= 15 is 0 Å². The number of fused-ring (bicyclic) bond motifs is 1. The van der Waals surface area contributed by atoms with Crippen molar-refractivity contribution in [2.24, 2.45) is 0 Å². The molecule has 0 aliphatic heterocycles. The lowest BCUT2D eigenvalue weighted by Gasteiger charge is -2.08. The van der Waals surface area contributed by atoms with E-state index in [0.717, 1.165) is 11.6 Å². The second kappa shape index (κ2) is 10.7. The van der Waals surface area contributed by atoms with Gasteiger partial charge in [-0.15, -0.1) is 0 Å². The minimum atomic E-state index is -0.961. The maximum Gasteiger partial charge on any atom is 0.166 e. The van der Waals surface area contributed by atoms with Gasteiger partial charge in [0.15, 0.2) is 11.6 Å². The summed E-state index contributed by atoms with van der Waals surface area (Å²) in [6.45, 7) is 0.492. The van der Waals surface area contributed by atoms with E-state index in [2.05, 4.69) is 11.8 Å². The normalized spacial score (nSPS) is 10.9. The molecule has 0 radical (unpaired) electrons. The number of benzene rings is 4. The lowest BCUT2D eigenvalue weighted by molar-refractivity contribution is 0.202. The molecule has 178 valence electrons. The van der Waals surface area contributed by atoms with Crippen molar-refractivity contribution in [1.29, 1.82) is 0 Å². The molecule has 0 atom stereocenters. The summed E-state index contributed by atoms with van der Waals surface area (Å²) in [5, 5.41) is 0.518. The SMILES string of the molecule is COCCc1ccc(CCc2cc(F)c(C#Cc3ccc4c(F)c(F)ccc4c3)c(F)c2)c(F)c1. The van der Waals surface area contributed by atoms with Gasteiger partial charge in [-0.1, -0.05) is 36.1 Å². The molecule has 0 bridgehead atoms. The third-order valence-corrected chi connectivity index (χ3v) is 5.74. The summed E-state index contributed by atoms with van der Waals surface area (Å²) < 4.78 is 75.8. The van der Waals surface area contributed by atoms with Crippen molar-refractivity contribution in [1.82, 2.24) is 0 Å². The van der Waals surface area contributed by atoms with Crippen molar-refractivity contribution >= 4 is 10.8 Å². The number of hydrogen-bond acceptors (Lipinski definition) is 1. The lowest BCUT2D eigenvalue weighted by atomic mass is 10.0. The van der Waals surface area contributed by atoms with E-state index in [-0.39, 0.29) is 24.0 Å². The Morgan fingerprint density at radius 2 is 1.40 bits per heavy atom. The third-order valence-electron chi connectivity index (χ3n) is 5.74. The van der Waals surface area contributed by atoms with Crippen LogP contribution in [0.3, 0.4) is 0 Å². The molecule has 0 amide bonds. The smallest absolute Gasteiger partial charge is 0.166 e. The highest BCUT2D eigenvalue weighted by atomic mass is 19.2. The maximum atomic E-state index is 14.6. The van der Waals surface area contributed by atoms with Crippen molar-refractivity contribution in [3.05, 3.63) is 118 Å². The summed E-state index contributed by atoms with van der Waals surface area (Å²) >= 11 is 0. The molecule has 4 rings (SSSR count). The Bertz CT molecular complexity index is 1430. The van der Waals surface area contributed by atoms with Crippen LogP contribution >= 0.6 is 0 Å². The van der Waals surface area contributed by atoms with Crippen LogP contribution in [0.5, 0.6) is 0 Å². The number of halogens is 5. The average molecular weight is 480 g/mol. The molecule has 0 aromatic heterocycles. The Kier molecular flexibility index (Phi) is 7.48. The van der Waals surface area contributed by atoms with E-state index in [0.29, 0.717) is 35.1 Å². The van der Waals surface area contributed by atoms with E-state index in [4.69, 9.17) is 4.74 Å². The summed E-state index contributed by atoms with van der Waals surface area (Å²) in [6.07, 6.45) is 1.14. The molecule has 0 aliphatic rings. The average Bonchev–Trinajstić information content (AvgIpc) is 2.84. The molecule has 6 heteroatoms. The second-order valence-corrected chi connectivity index (χ2v) is 8.15. The first-order chi connectivity index (χ1) is 16.9. The van der Waals surface area contributed by atoms with Crippen LogP contribution in [0.4, 0.5) is 22.0 Å². The minimum absolute atomic E-state index is 0.0957. The highest BCUT2D eigenvalue weighted by molar-refractivity contribution is 5.84. The Morgan fingerprint density at radius 1 is 0.657 bits per heavy atom. The largest absolute Gasteiger partial charge is 0.384 e. The van der Waals surface area contributed by atoms with Crippen molar-refractivity contribution in [3.63, 3.8) is 0 Å². The molecule has 0 saturated carbocycles. The van der Waals surface area contributed by atoms with Gasteiger partial charge >= 0.3 is 0 Å². The van der Waals surface area contributed by atoms with Gasteiger partial charge in [-0.25, -0.2) is 22.0 Å². The van der Waals surface area contributed by atoms with E-state index in [1.54, 1.807) is 13.2 Å². The van der Waals surface area contributed by atoms with Crippen molar-refractivity contribution in [2.75, 3.05) is 13.7 Å². The fourth-order valence-corrected chi connectivity index (χ4v) is 3.82. The Hall–Kier alpha value is -3.69. The Balaban J connectivity index is 1.50. The molecule has 0 spiro atoms. The predicted octanol–water partition coefficient (Wildman–Crippen LogP) is 6.91. The highest BCUT2D eigenvalue weighted by Crippen LogP contribution is 2.22. The highest BCUT2D eigenvalue weighted by Gasteiger charge is 2.11. The van der Waals surface area contributed by atoms with Gasteiger partial charge in [-0.2, -0.15) is 0 Å². The van der Waals surface area contributed by atoms with Gasteiger partial charge in [0, 0.05) is 18.1 Å². The monoisotopic (exact) mass is 480 g/mol. The lowest BCUT2D eigenvalue weighted by Crippen LogP contribution is -2.00. The van der Waals surface area contributed by atoms with E-state index in [1.165, 1.54) is 42.5 Å². The number of ether oxygens (including phenoxy) is 1. The predicted molar refractivity (Wildman–Crippen MR) is 126 cm³/mol. The van der Waals surface area contributed by atoms with Crippen LogP contribution < -0.4 is 0 Å². The van der Waals surface area contributed by atoms with Gasteiger partial charge in [0.2, 0.25) is 0 Å². The topological polar surface area (TPSA) is 9.23 Å².